The van der Waals surface area contributed by atoms with Crippen LogP contribution in [0.25, 0.3) is 0 Å². The normalized spacial score (nSPS) is 21.7. The molecule has 0 amide bonds. The molecule has 2 atom stereocenters. The number of ether oxygens (including phenoxy) is 1. The second-order valence-corrected chi connectivity index (χ2v) is 4.97. The van der Waals surface area contributed by atoms with Gasteiger partial charge in [0.05, 0.1) is 6.10 Å². The number of halogens is 2. The van der Waals surface area contributed by atoms with Crippen LogP contribution in [-0.4, -0.2) is 24.4 Å². The Kier molecular flexibility index (Phi) is 4.37. The SMILES string of the molecule is OC(Cc1ccc(F)cc1Cl)CC1CCOC1. The molecule has 0 radical (unpaired) electrons. The highest BCUT2D eigenvalue weighted by Gasteiger charge is 2.20. The van der Waals surface area contributed by atoms with E-state index in [4.69, 9.17) is 16.3 Å². The molecule has 1 heterocycles. The number of benzene rings is 1. The minimum Gasteiger partial charge on any atom is -0.393 e. The molecular formula is C13H16ClFO2. The van der Waals surface area contributed by atoms with Crippen molar-refractivity contribution in [2.24, 2.45) is 5.92 Å². The predicted octanol–water partition coefficient (Wildman–Crippen LogP) is 2.81. The van der Waals surface area contributed by atoms with Crippen LogP contribution in [0.15, 0.2) is 18.2 Å². The fourth-order valence-corrected chi connectivity index (χ4v) is 2.42. The maximum absolute atomic E-state index is 12.8. The van der Waals surface area contributed by atoms with E-state index in [1.807, 2.05) is 0 Å². The minimum atomic E-state index is -0.440. The molecule has 17 heavy (non-hydrogen) atoms. The molecule has 0 bridgehead atoms. The zero-order chi connectivity index (χ0) is 12.3. The van der Waals surface area contributed by atoms with Gasteiger partial charge >= 0.3 is 0 Å². The molecule has 0 spiro atoms. The first-order chi connectivity index (χ1) is 8.15. The van der Waals surface area contributed by atoms with Crippen LogP contribution in [-0.2, 0) is 11.2 Å². The van der Waals surface area contributed by atoms with E-state index in [0.29, 0.717) is 23.8 Å². The van der Waals surface area contributed by atoms with E-state index in [-0.39, 0.29) is 5.82 Å². The highest BCUT2D eigenvalue weighted by molar-refractivity contribution is 6.31. The molecule has 4 heteroatoms. The fraction of sp³-hybridized carbons (Fsp3) is 0.538. The lowest BCUT2D eigenvalue weighted by Crippen LogP contribution is -2.16. The van der Waals surface area contributed by atoms with Gasteiger partial charge in [-0.15, -0.1) is 0 Å². The quantitative estimate of drug-likeness (QED) is 0.900. The smallest absolute Gasteiger partial charge is 0.124 e. The van der Waals surface area contributed by atoms with Crippen molar-refractivity contribution < 1.29 is 14.2 Å². The third kappa shape index (κ3) is 3.66. The van der Waals surface area contributed by atoms with E-state index in [1.54, 1.807) is 6.07 Å². The van der Waals surface area contributed by atoms with Gasteiger partial charge in [-0.1, -0.05) is 17.7 Å². The second kappa shape index (κ2) is 5.80. The summed E-state index contributed by atoms with van der Waals surface area (Å²) in [6.07, 6.45) is 1.75. The first-order valence-electron chi connectivity index (χ1n) is 5.85. The lowest BCUT2D eigenvalue weighted by Gasteiger charge is -2.15. The average Bonchev–Trinajstić information content (AvgIpc) is 2.75. The molecule has 0 saturated carbocycles. The summed E-state index contributed by atoms with van der Waals surface area (Å²) < 4.78 is 18.1. The number of rotatable bonds is 4. The summed E-state index contributed by atoms with van der Waals surface area (Å²) in [7, 11) is 0. The summed E-state index contributed by atoms with van der Waals surface area (Å²) in [6.45, 7) is 1.52. The van der Waals surface area contributed by atoms with E-state index in [9.17, 15) is 9.50 Å². The largest absolute Gasteiger partial charge is 0.393 e. The van der Waals surface area contributed by atoms with Crippen LogP contribution in [0.2, 0.25) is 5.02 Å². The van der Waals surface area contributed by atoms with Crippen LogP contribution in [0.3, 0.4) is 0 Å². The molecular weight excluding hydrogens is 243 g/mol. The highest BCUT2D eigenvalue weighted by atomic mass is 35.5. The number of hydrogen-bond acceptors (Lipinski definition) is 2. The molecule has 1 aliphatic heterocycles. The number of aliphatic hydroxyl groups excluding tert-OH is 1. The van der Waals surface area contributed by atoms with E-state index < -0.39 is 6.10 Å². The Labute approximate surface area is 105 Å². The third-order valence-electron chi connectivity index (χ3n) is 3.10. The van der Waals surface area contributed by atoms with Crippen molar-refractivity contribution in [3.63, 3.8) is 0 Å². The van der Waals surface area contributed by atoms with Crippen molar-refractivity contribution in [3.8, 4) is 0 Å². The fourth-order valence-electron chi connectivity index (χ4n) is 2.18. The molecule has 1 aliphatic rings. The van der Waals surface area contributed by atoms with E-state index in [0.717, 1.165) is 25.2 Å². The van der Waals surface area contributed by atoms with E-state index >= 15 is 0 Å². The number of hydrogen-bond donors (Lipinski definition) is 1. The van der Waals surface area contributed by atoms with Crippen LogP contribution in [0.5, 0.6) is 0 Å². The third-order valence-corrected chi connectivity index (χ3v) is 3.45. The summed E-state index contributed by atoms with van der Waals surface area (Å²) in [6, 6.07) is 4.28. The molecule has 1 N–H and O–H groups in total. The maximum Gasteiger partial charge on any atom is 0.124 e. The van der Waals surface area contributed by atoms with Gasteiger partial charge in [-0.3, -0.25) is 0 Å². The van der Waals surface area contributed by atoms with Gasteiger partial charge in [0.1, 0.15) is 5.82 Å². The van der Waals surface area contributed by atoms with Crippen molar-refractivity contribution in [3.05, 3.63) is 34.6 Å². The molecule has 1 aromatic rings. The van der Waals surface area contributed by atoms with Gasteiger partial charge in [0.15, 0.2) is 0 Å². The van der Waals surface area contributed by atoms with Gasteiger partial charge in [0, 0.05) is 18.2 Å². The second-order valence-electron chi connectivity index (χ2n) is 4.56. The van der Waals surface area contributed by atoms with Crippen molar-refractivity contribution in [2.45, 2.75) is 25.4 Å². The summed E-state index contributed by atoms with van der Waals surface area (Å²) in [4.78, 5) is 0. The number of aliphatic hydroxyl groups is 1. The zero-order valence-corrected chi connectivity index (χ0v) is 10.3. The lowest BCUT2D eigenvalue weighted by molar-refractivity contribution is 0.129. The Morgan fingerprint density at radius 1 is 1.53 bits per heavy atom. The van der Waals surface area contributed by atoms with Gasteiger partial charge in [0.25, 0.3) is 0 Å². The van der Waals surface area contributed by atoms with Gasteiger partial charge in [-0.25, -0.2) is 4.39 Å². The van der Waals surface area contributed by atoms with Crippen LogP contribution >= 0.6 is 11.6 Å². The summed E-state index contributed by atoms with van der Waals surface area (Å²) in [5, 5.41) is 10.3. The van der Waals surface area contributed by atoms with E-state index in [2.05, 4.69) is 0 Å². The molecule has 0 aromatic heterocycles. The standard InChI is InChI=1S/C13H16ClFO2/c14-13-7-11(15)2-1-10(13)6-12(16)5-9-3-4-17-8-9/h1-2,7,9,12,16H,3-6,8H2. The first kappa shape index (κ1) is 12.8. The van der Waals surface area contributed by atoms with Gasteiger partial charge in [-0.2, -0.15) is 0 Å². The summed E-state index contributed by atoms with van der Waals surface area (Å²) in [5.41, 5.74) is 0.791. The van der Waals surface area contributed by atoms with Crippen molar-refractivity contribution >= 4 is 11.6 Å². The van der Waals surface area contributed by atoms with Crippen LogP contribution in [0.1, 0.15) is 18.4 Å². The molecule has 1 aromatic carbocycles. The molecule has 2 rings (SSSR count). The molecule has 94 valence electrons. The van der Waals surface area contributed by atoms with E-state index in [1.165, 1.54) is 12.1 Å². The maximum atomic E-state index is 12.8. The topological polar surface area (TPSA) is 29.5 Å². The van der Waals surface area contributed by atoms with Gasteiger partial charge in [-0.05, 0) is 42.9 Å². The monoisotopic (exact) mass is 258 g/mol. The highest BCUT2D eigenvalue weighted by Crippen LogP contribution is 2.23. The van der Waals surface area contributed by atoms with Crippen molar-refractivity contribution in [1.82, 2.24) is 0 Å². The van der Waals surface area contributed by atoms with Crippen molar-refractivity contribution in [2.75, 3.05) is 13.2 Å². The lowest BCUT2D eigenvalue weighted by atomic mass is 9.96. The zero-order valence-electron chi connectivity index (χ0n) is 9.53. The Balaban J connectivity index is 1.90. The first-order valence-corrected chi connectivity index (χ1v) is 6.22. The predicted molar refractivity (Wildman–Crippen MR) is 64.7 cm³/mol. The Morgan fingerprint density at radius 2 is 2.35 bits per heavy atom. The Morgan fingerprint density at radius 3 is 3.00 bits per heavy atom. The van der Waals surface area contributed by atoms with Crippen LogP contribution in [0, 0.1) is 11.7 Å². The molecule has 0 aliphatic carbocycles. The molecule has 1 saturated heterocycles. The van der Waals surface area contributed by atoms with Crippen molar-refractivity contribution in [1.29, 1.82) is 0 Å². The summed E-state index contributed by atoms with van der Waals surface area (Å²) >= 11 is 5.91. The molecule has 2 unspecified atom stereocenters. The molecule has 1 fully saturated rings. The van der Waals surface area contributed by atoms with Crippen LogP contribution < -0.4 is 0 Å². The Hall–Kier alpha value is -0.640. The summed E-state index contributed by atoms with van der Waals surface area (Å²) in [5.74, 6) is 0.0849. The van der Waals surface area contributed by atoms with Gasteiger partial charge < -0.3 is 9.84 Å². The van der Waals surface area contributed by atoms with Gasteiger partial charge in [0.2, 0.25) is 0 Å². The Bertz CT molecular complexity index is 378. The molecule has 2 nitrogen and oxygen atoms in total. The average molecular weight is 259 g/mol. The minimum absolute atomic E-state index is 0.350. The van der Waals surface area contributed by atoms with Crippen LogP contribution in [0.4, 0.5) is 4.39 Å².